The largest absolute Gasteiger partial charge is 0.507 e. The van der Waals surface area contributed by atoms with Crippen molar-refractivity contribution >= 4 is 23.3 Å². The third-order valence-corrected chi connectivity index (χ3v) is 3.23. The van der Waals surface area contributed by atoms with E-state index in [0.717, 1.165) is 6.07 Å². The lowest BCUT2D eigenvalue weighted by Crippen LogP contribution is -2.20. The van der Waals surface area contributed by atoms with Crippen LogP contribution >= 0.6 is 0 Å². The average Bonchev–Trinajstić information content (AvgIpc) is 2.56. The summed E-state index contributed by atoms with van der Waals surface area (Å²) in [6, 6.07) is 7.77. The number of nitrogens with one attached hydrogen (secondary N) is 1. The van der Waals surface area contributed by atoms with Crippen LogP contribution in [0.4, 0.5) is 11.4 Å². The highest BCUT2D eigenvalue weighted by molar-refractivity contribution is 5.96. The Morgan fingerprint density at radius 3 is 2.44 bits per heavy atom. The molecular weight excluding hydrogens is 332 g/mol. The number of aromatic carboxylic acids is 1. The van der Waals surface area contributed by atoms with Gasteiger partial charge in [0.25, 0.3) is 11.6 Å². The number of carbonyl (C=O) groups is 2. The lowest BCUT2D eigenvalue weighted by molar-refractivity contribution is -0.384. The Bertz CT molecular complexity index is 831. The second kappa shape index (κ2) is 7.30. The maximum Gasteiger partial charge on any atom is 0.339 e. The van der Waals surface area contributed by atoms with Gasteiger partial charge in [-0.1, -0.05) is 0 Å². The molecule has 0 heterocycles. The molecule has 0 aromatic heterocycles. The first-order valence-corrected chi connectivity index (χ1v) is 7.02. The quantitative estimate of drug-likeness (QED) is 0.414. The van der Waals surface area contributed by atoms with E-state index in [9.17, 15) is 24.8 Å². The zero-order valence-electron chi connectivity index (χ0n) is 13.1. The topological polar surface area (TPSA) is 139 Å². The Kier molecular flexibility index (Phi) is 5.18. The third-order valence-electron chi connectivity index (χ3n) is 3.23. The summed E-state index contributed by atoms with van der Waals surface area (Å²) in [7, 11) is 0. The van der Waals surface area contributed by atoms with Gasteiger partial charge in [-0.05, 0) is 36.8 Å². The van der Waals surface area contributed by atoms with E-state index in [4.69, 9.17) is 9.84 Å². The summed E-state index contributed by atoms with van der Waals surface area (Å²) in [4.78, 5) is 32.9. The van der Waals surface area contributed by atoms with Gasteiger partial charge in [0.1, 0.15) is 17.1 Å². The van der Waals surface area contributed by atoms with Crippen LogP contribution in [-0.4, -0.2) is 33.6 Å². The number of phenols is 1. The van der Waals surface area contributed by atoms with Crippen LogP contribution in [0, 0.1) is 17.0 Å². The van der Waals surface area contributed by atoms with E-state index in [1.54, 1.807) is 0 Å². The Balaban J connectivity index is 2.00. The van der Waals surface area contributed by atoms with E-state index in [1.807, 2.05) is 0 Å². The number of aromatic hydroxyl groups is 1. The third kappa shape index (κ3) is 4.44. The maximum absolute atomic E-state index is 11.9. The Hall–Kier alpha value is -3.62. The Morgan fingerprint density at radius 1 is 1.24 bits per heavy atom. The van der Waals surface area contributed by atoms with Crippen molar-refractivity contribution in [1.29, 1.82) is 0 Å². The van der Waals surface area contributed by atoms with Crippen molar-refractivity contribution in [3.8, 4) is 11.5 Å². The molecule has 0 spiro atoms. The number of benzene rings is 2. The summed E-state index contributed by atoms with van der Waals surface area (Å²) in [6.45, 7) is 1.13. The number of carboxylic acids is 1. The van der Waals surface area contributed by atoms with Crippen LogP contribution in [0.15, 0.2) is 36.4 Å². The number of aryl methyl sites for hydroxylation is 1. The predicted octanol–water partition coefficient (Wildman–Crippen LogP) is 2.32. The highest BCUT2D eigenvalue weighted by Crippen LogP contribution is 2.26. The van der Waals surface area contributed by atoms with Gasteiger partial charge in [0.15, 0.2) is 6.61 Å². The summed E-state index contributed by atoms with van der Waals surface area (Å²) < 4.78 is 5.21. The van der Waals surface area contributed by atoms with Crippen molar-refractivity contribution in [1.82, 2.24) is 0 Å². The van der Waals surface area contributed by atoms with Crippen LogP contribution in [0.1, 0.15) is 15.9 Å². The summed E-state index contributed by atoms with van der Waals surface area (Å²) in [5.41, 5.74) is 0.0700. The van der Waals surface area contributed by atoms with Crippen LogP contribution < -0.4 is 10.1 Å². The Labute approximate surface area is 141 Å². The van der Waals surface area contributed by atoms with Crippen molar-refractivity contribution in [2.45, 2.75) is 6.92 Å². The highest BCUT2D eigenvalue weighted by atomic mass is 16.6. The number of anilines is 1. The van der Waals surface area contributed by atoms with Gasteiger partial charge in [0.2, 0.25) is 0 Å². The number of nitrogens with zero attached hydrogens (tertiary/aromatic N) is 1. The fraction of sp³-hybridized carbons (Fsp3) is 0.125. The molecule has 2 aromatic carbocycles. The van der Waals surface area contributed by atoms with Crippen molar-refractivity contribution < 1.29 is 29.5 Å². The monoisotopic (exact) mass is 346 g/mol. The van der Waals surface area contributed by atoms with Crippen molar-refractivity contribution in [3.63, 3.8) is 0 Å². The lowest BCUT2D eigenvalue weighted by Gasteiger charge is -2.10. The average molecular weight is 346 g/mol. The van der Waals surface area contributed by atoms with E-state index >= 15 is 0 Å². The molecule has 130 valence electrons. The van der Waals surface area contributed by atoms with Crippen molar-refractivity contribution in [3.05, 3.63) is 57.6 Å². The molecular formula is C16H14N2O7. The molecule has 25 heavy (non-hydrogen) atoms. The molecule has 9 heteroatoms. The number of hydrogen-bond acceptors (Lipinski definition) is 6. The number of nitro benzene ring substituents is 1. The van der Waals surface area contributed by atoms with Crippen LogP contribution in [0.3, 0.4) is 0 Å². The molecule has 3 N–H and O–H groups in total. The Morgan fingerprint density at radius 2 is 1.88 bits per heavy atom. The van der Waals surface area contributed by atoms with Crippen LogP contribution in [0.25, 0.3) is 0 Å². The molecule has 1 amide bonds. The van der Waals surface area contributed by atoms with Crippen molar-refractivity contribution in [2.24, 2.45) is 0 Å². The number of amides is 1. The molecule has 0 saturated carbocycles. The normalized spacial score (nSPS) is 10.1. The highest BCUT2D eigenvalue weighted by Gasteiger charge is 2.15. The summed E-state index contributed by atoms with van der Waals surface area (Å²) in [5.74, 6) is -1.97. The van der Waals surface area contributed by atoms with E-state index in [2.05, 4.69) is 5.32 Å². The molecule has 0 aliphatic heterocycles. The number of non-ortho nitro benzene ring substituents is 1. The number of carboxylic acid groups (broad SMARTS) is 1. The molecule has 9 nitrogen and oxygen atoms in total. The van der Waals surface area contributed by atoms with E-state index in [0.29, 0.717) is 5.56 Å². The van der Waals surface area contributed by atoms with Gasteiger partial charge in [-0.25, -0.2) is 4.79 Å². The number of ether oxygens (including phenoxy) is 1. The molecule has 0 aliphatic carbocycles. The molecule has 0 bridgehead atoms. The number of nitro groups is 1. The van der Waals surface area contributed by atoms with Gasteiger partial charge in [0, 0.05) is 17.8 Å². The first-order chi connectivity index (χ1) is 11.8. The standard InChI is InChI=1S/C16H14N2O7/c1-9-6-10(7-13(15(9)20)16(21)22)17-14(19)8-25-12-4-2-11(3-5-12)18(23)24/h2-7,20H,8H2,1H3,(H,17,19)(H,21,22). The van der Waals surface area contributed by atoms with Crippen LogP contribution in [-0.2, 0) is 4.79 Å². The molecule has 2 aromatic rings. The molecule has 0 unspecified atom stereocenters. The SMILES string of the molecule is Cc1cc(NC(=O)COc2ccc([N+](=O)[O-])cc2)cc(C(=O)O)c1O. The maximum atomic E-state index is 11.9. The van der Waals surface area contributed by atoms with Gasteiger partial charge in [0.05, 0.1) is 4.92 Å². The zero-order chi connectivity index (χ0) is 18.6. The predicted molar refractivity (Wildman–Crippen MR) is 87.0 cm³/mol. The summed E-state index contributed by atoms with van der Waals surface area (Å²) in [6.07, 6.45) is 0. The molecule has 0 radical (unpaired) electrons. The number of hydrogen-bond donors (Lipinski definition) is 3. The fourth-order valence-electron chi connectivity index (χ4n) is 2.02. The van der Waals surface area contributed by atoms with E-state index in [-0.39, 0.29) is 35.0 Å². The second-order valence-electron chi connectivity index (χ2n) is 5.08. The summed E-state index contributed by atoms with van der Waals surface area (Å²) in [5, 5.41) is 31.7. The minimum Gasteiger partial charge on any atom is -0.507 e. The number of carbonyl (C=O) groups excluding carboxylic acids is 1. The van der Waals surface area contributed by atoms with Gasteiger partial charge >= 0.3 is 5.97 Å². The van der Waals surface area contributed by atoms with Gasteiger partial charge in [-0.3, -0.25) is 14.9 Å². The van der Waals surface area contributed by atoms with E-state index < -0.39 is 16.8 Å². The van der Waals surface area contributed by atoms with E-state index in [1.165, 1.54) is 37.3 Å². The molecule has 0 fully saturated rings. The van der Waals surface area contributed by atoms with Crippen molar-refractivity contribution in [2.75, 3.05) is 11.9 Å². The summed E-state index contributed by atoms with van der Waals surface area (Å²) >= 11 is 0. The minimum absolute atomic E-state index is 0.0995. The number of rotatable bonds is 6. The smallest absolute Gasteiger partial charge is 0.339 e. The second-order valence-corrected chi connectivity index (χ2v) is 5.08. The molecule has 0 aliphatic rings. The van der Waals surface area contributed by atoms with Crippen LogP contribution in [0.2, 0.25) is 0 Å². The molecule has 0 saturated heterocycles. The molecule has 2 rings (SSSR count). The first kappa shape index (κ1) is 17.7. The first-order valence-electron chi connectivity index (χ1n) is 7.02. The zero-order valence-corrected chi connectivity index (χ0v) is 13.1. The van der Waals surface area contributed by atoms with Gasteiger partial charge < -0.3 is 20.3 Å². The molecule has 0 atom stereocenters. The van der Waals surface area contributed by atoms with Crippen LogP contribution in [0.5, 0.6) is 11.5 Å². The van der Waals surface area contributed by atoms with Gasteiger partial charge in [-0.15, -0.1) is 0 Å². The van der Waals surface area contributed by atoms with Gasteiger partial charge in [-0.2, -0.15) is 0 Å². The fourth-order valence-corrected chi connectivity index (χ4v) is 2.02. The lowest BCUT2D eigenvalue weighted by atomic mass is 10.1. The minimum atomic E-state index is -1.32.